The van der Waals surface area contributed by atoms with Crippen LogP contribution in [0.15, 0.2) is 18.2 Å². The van der Waals surface area contributed by atoms with Crippen molar-refractivity contribution in [2.45, 2.75) is 32.2 Å². The van der Waals surface area contributed by atoms with Crippen LogP contribution in [0.4, 0.5) is 4.39 Å². The highest BCUT2D eigenvalue weighted by Gasteiger charge is 2.20. The van der Waals surface area contributed by atoms with Gasteiger partial charge >= 0.3 is 0 Å². The van der Waals surface area contributed by atoms with Gasteiger partial charge in [-0.1, -0.05) is 25.4 Å². The first-order valence-electron chi connectivity index (χ1n) is 6.53. The van der Waals surface area contributed by atoms with Crippen molar-refractivity contribution in [1.82, 2.24) is 5.32 Å². The van der Waals surface area contributed by atoms with E-state index in [4.69, 9.17) is 22.1 Å². The molecule has 1 aromatic carbocycles. The Balaban J connectivity index is 2.44. The smallest absolute Gasteiger partial charge is 0.258 e. The van der Waals surface area contributed by atoms with Gasteiger partial charge in [-0.25, -0.2) is 4.39 Å². The molecule has 0 radical (unpaired) electrons. The Morgan fingerprint density at radius 3 is 2.65 bits per heavy atom. The molecule has 0 aliphatic carbocycles. The van der Waals surface area contributed by atoms with Crippen LogP contribution in [0, 0.1) is 5.82 Å². The molecule has 0 aliphatic rings. The maximum atomic E-state index is 12.8. The largest absolute Gasteiger partial charge is 0.482 e. The van der Waals surface area contributed by atoms with Gasteiger partial charge in [-0.05, 0) is 31.0 Å². The lowest BCUT2D eigenvalue weighted by Crippen LogP contribution is -2.50. The molecule has 6 heteroatoms. The molecule has 1 aromatic rings. The maximum absolute atomic E-state index is 12.8. The van der Waals surface area contributed by atoms with E-state index < -0.39 is 11.4 Å². The molecule has 0 unspecified atom stereocenters. The van der Waals surface area contributed by atoms with Crippen molar-refractivity contribution in [3.05, 3.63) is 29.0 Å². The predicted molar refractivity (Wildman–Crippen MR) is 77.4 cm³/mol. The van der Waals surface area contributed by atoms with Crippen molar-refractivity contribution in [1.29, 1.82) is 0 Å². The minimum Gasteiger partial charge on any atom is -0.482 e. The molecule has 0 heterocycles. The normalized spacial score (nSPS) is 11.2. The molecule has 0 aromatic heterocycles. The Labute approximate surface area is 123 Å². The van der Waals surface area contributed by atoms with Gasteiger partial charge in [-0.15, -0.1) is 0 Å². The van der Waals surface area contributed by atoms with E-state index in [9.17, 15) is 9.18 Å². The lowest BCUT2D eigenvalue weighted by molar-refractivity contribution is -0.123. The van der Waals surface area contributed by atoms with E-state index in [0.29, 0.717) is 6.54 Å². The Morgan fingerprint density at radius 1 is 1.45 bits per heavy atom. The van der Waals surface area contributed by atoms with Crippen LogP contribution >= 0.6 is 11.6 Å². The Bertz CT molecular complexity index is 464. The van der Waals surface area contributed by atoms with Crippen molar-refractivity contribution in [2.24, 2.45) is 5.73 Å². The van der Waals surface area contributed by atoms with Crippen LogP contribution < -0.4 is 15.8 Å². The van der Waals surface area contributed by atoms with Crippen LogP contribution in [0.25, 0.3) is 0 Å². The van der Waals surface area contributed by atoms with Crippen LogP contribution in [-0.2, 0) is 4.79 Å². The number of benzene rings is 1. The van der Waals surface area contributed by atoms with Gasteiger partial charge in [0.15, 0.2) is 6.61 Å². The van der Waals surface area contributed by atoms with Crippen molar-refractivity contribution < 1.29 is 13.9 Å². The lowest BCUT2D eigenvalue weighted by atomic mass is 9.94. The number of carbonyl (C=O) groups is 1. The third kappa shape index (κ3) is 4.98. The van der Waals surface area contributed by atoms with Crippen molar-refractivity contribution in [3.8, 4) is 5.75 Å². The molecule has 1 amide bonds. The van der Waals surface area contributed by atoms with Crippen molar-refractivity contribution >= 4 is 17.5 Å². The summed E-state index contributed by atoms with van der Waals surface area (Å²) < 4.78 is 18.1. The van der Waals surface area contributed by atoms with Gasteiger partial charge in [0.25, 0.3) is 5.91 Å². The van der Waals surface area contributed by atoms with E-state index >= 15 is 0 Å². The van der Waals surface area contributed by atoms with Crippen LogP contribution in [0.5, 0.6) is 5.75 Å². The van der Waals surface area contributed by atoms with Gasteiger partial charge in [0.1, 0.15) is 11.6 Å². The lowest BCUT2D eigenvalue weighted by Gasteiger charge is -2.26. The standard InChI is InChI=1S/C14H20ClFN2O2/c1-3-14(17,4-2)9-18-13(19)8-20-12-6-5-10(16)7-11(12)15/h5-7H,3-4,8-9,17H2,1-2H3,(H,18,19). The molecule has 1 rings (SSSR count). The number of halogens is 2. The molecule has 3 N–H and O–H groups in total. The van der Waals surface area contributed by atoms with E-state index in [-0.39, 0.29) is 23.3 Å². The molecule has 0 saturated heterocycles. The van der Waals surface area contributed by atoms with Crippen LogP contribution in [0.3, 0.4) is 0 Å². The van der Waals surface area contributed by atoms with Crippen LogP contribution in [0.1, 0.15) is 26.7 Å². The monoisotopic (exact) mass is 302 g/mol. The molecule has 0 fully saturated rings. The fourth-order valence-electron chi connectivity index (χ4n) is 1.56. The average Bonchev–Trinajstić information content (AvgIpc) is 2.44. The van der Waals surface area contributed by atoms with Gasteiger partial charge in [0, 0.05) is 12.1 Å². The molecule has 20 heavy (non-hydrogen) atoms. The fraction of sp³-hybridized carbons (Fsp3) is 0.500. The van der Waals surface area contributed by atoms with Gasteiger partial charge in [-0.3, -0.25) is 4.79 Å². The highest BCUT2D eigenvalue weighted by Crippen LogP contribution is 2.24. The summed E-state index contributed by atoms with van der Waals surface area (Å²) in [4.78, 5) is 11.7. The Hall–Kier alpha value is -1.33. The van der Waals surface area contributed by atoms with Gasteiger partial charge in [-0.2, -0.15) is 0 Å². The molecule has 0 spiro atoms. The topological polar surface area (TPSA) is 64.3 Å². The predicted octanol–water partition coefficient (Wildman–Crippen LogP) is 2.49. The molecule has 4 nitrogen and oxygen atoms in total. The number of carbonyl (C=O) groups excluding carboxylic acids is 1. The fourth-order valence-corrected chi connectivity index (χ4v) is 1.78. The number of hydrogen-bond donors (Lipinski definition) is 2. The summed E-state index contributed by atoms with van der Waals surface area (Å²) in [7, 11) is 0. The molecular formula is C14H20ClFN2O2. The Morgan fingerprint density at radius 2 is 2.10 bits per heavy atom. The molecule has 0 saturated carbocycles. The third-order valence-electron chi connectivity index (χ3n) is 3.30. The number of hydrogen-bond acceptors (Lipinski definition) is 3. The number of rotatable bonds is 7. The highest BCUT2D eigenvalue weighted by molar-refractivity contribution is 6.32. The molecular weight excluding hydrogens is 283 g/mol. The van der Waals surface area contributed by atoms with E-state index in [2.05, 4.69) is 5.32 Å². The van der Waals surface area contributed by atoms with Gasteiger partial charge in [0.05, 0.1) is 5.02 Å². The van der Waals surface area contributed by atoms with Crippen molar-refractivity contribution in [2.75, 3.05) is 13.2 Å². The molecule has 0 atom stereocenters. The van der Waals surface area contributed by atoms with E-state index in [1.165, 1.54) is 12.1 Å². The van der Waals surface area contributed by atoms with Gasteiger partial charge < -0.3 is 15.8 Å². The highest BCUT2D eigenvalue weighted by atomic mass is 35.5. The maximum Gasteiger partial charge on any atom is 0.258 e. The number of nitrogens with one attached hydrogen (secondary N) is 1. The number of amides is 1. The van der Waals surface area contributed by atoms with Crippen molar-refractivity contribution in [3.63, 3.8) is 0 Å². The van der Waals surface area contributed by atoms with E-state index in [1.54, 1.807) is 0 Å². The first-order chi connectivity index (χ1) is 9.40. The second kappa shape index (κ2) is 7.45. The average molecular weight is 303 g/mol. The summed E-state index contributed by atoms with van der Waals surface area (Å²) in [5, 5.41) is 2.85. The third-order valence-corrected chi connectivity index (χ3v) is 3.59. The SMILES string of the molecule is CCC(N)(CC)CNC(=O)COc1ccc(F)cc1Cl. The molecule has 0 bridgehead atoms. The molecule has 0 aliphatic heterocycles. The summed E-state index contributed by atoms with van der Waals surface area (Å²) >= 11 is 5.79. The Kier molecular flexibility index (Phi) is 6.23. The summed E-state index contributed by atoms with van der Waals surface area (Å²) in [6, 6.07) is 3.74. The summed E-state index contributed by atoms with van der Waals surface area (Å²) in [5.74, 6) is -0.471. The zero-order valence-corrected chi connectivity index (χ0v) is 12.5. The first-order valence-corrected chi connectivity index (χ1v) is 6.91. The first kappa shape index (κ1) is 16.7. The number of nitrogens with two attached hydrogens (primary N) is 1. The van der Waals surface area contributed by atoms with E-state index in [1.807, 2.05) is 13.8 Å². The summed E-state index contributed by atoms with van der Waals surface area (Å²) in [6.45, 7) is 4.16. The van der Waals surface area contributed by atoms with E-state index in [0.717, 1.165) is 18.9 Å². The second-order valence-electron chi connectivity index (χ2n) is 4.71. The second-order valence-corrected chi connectivity index (χ2v) is 5.12. The van der Waals surface area contributed by atoms with Crippen LogP contribution in [0.2, 0.25) is 5.02 Å². The molecule has 112 valence electrons. The summed E-state index contributed by atoms with van der Waals surface area (Å²) in [5.41, 5.74) is 5.67. The summed E-state index contributed by atoms with van der Waals surface area (Å²) in [6.07, 6.45) is 1.54. The minimum atomic E-state index is -0.453. The van der Waals surface area contributed by atoms with Crippen LogP contribution in [-0.4, -0.2) is 24.6 Å². The zero-order valence-electron chi connectivity index (χ0n) is 11.7. The number of ether oxygens (including phenoxy) is 1. The minimum absolute atomic E-state index is 0.132. The zero-order chi connectivity index (χ0) is 15.2. The van der Waals surface area contributed by atoms with Gasteiger partial charge in [0.2, 0.25) is 0 Å². The quantitative estimate of drug-likeness (QED) is 0.813.